The highest BCUT2D eigenvalue weighted by atomic mass is 19.1. The lowest BCUT2D eigenvalue weighted by Crippen LogP contribution is -2.38. The van der Waals surface area contributed by atoms with Crippen LogP contribution in [0.1, 0.15) is 5.56 Å². The van der Waals surface area contributed by atoms with Crippen LogP contribution in [0.3, 0.4) is 0 Å². The van der Waals surface area contributed by atoms with Crippen LogP contribution in [0.2, 0.25) is 0 Å². The summed E-state index contributed by atoms with van der Waals surface area (Å²) < 4.78 is 18.6. The van der Waals surface area contributed by atoms with Crippen LogP contribution < -0.4 is 10.6 Å². The van der Waals surface area contributed by atoms with Gasteiger partial charge in [-0.05, 0) is 23.8 Å². The summed E-state index contributed by atoms with van der Waals surface area (Å²) in [6.45, 7) is 2.64. The predicted molar refractivity (Wildman–Crippen MR) is 68.7 cm³/mol. The molecule has 0 aromatic heterocycles. The predicted octanol–water partition coefficient (Wildman–Crippen LogP) is 0.617. The maximum atomic E-state index is 13.3. The molecule has 0 radical (unpaired) electrons. The normalized spacial score (nSPS) is 17.3. The van der Waals surface area contributed by atoms with Crippen LogP contribution in [0.4, 0.5) is 10.1 Å². The number of aliphatic carboxylic acids is 1. The van der Waals surface area contributed by atoms with Gasteiger partial charge in [-0.1, -0.05) is 0 Å². The smallest absolute Gasteiger partial charge is 0.320 e. The molecule has 1 heterocycles. The van der Waals surface area contributed by atoms with E-state index in [0.717, 1.165) is 5.69 Å². The fourth-order valence-electron chi connectivity index (χ4n) is 2.15. The second-order valence-corrected chi connectivity index (χ2v) is 4.52. The Kier molecular flexibility index (Phi) is 4.34. The van der Waals surface area contributed by atoms with E-state index in [1.165, 1.54) is 12.1 Å². The number of rotatable bonds is 4. The molecule has 1 aliphatic heterocycles. The molecule has 0 amide bonds. The number of carboxylic acids is 1. The van der Waals surface area contributed by atoms with Crippen LogP contribution in [-0.2, 0) is 16.0 Å². The first-order valence-electron chi connectivity index (χ1n) is 6.17. The van der Waals surface area contributed by atoms with E-state index in [1.54, 1.807) is 6.07 Å². The largest absolute Gasteiger partial charge is 0.480 e. The van der Waals surface area contributed by atoms with Crippen molar-refractivity contribution in [3.8, 4) is 0 Å². The SMILES string of the molecule is NC(Cc1cc(F)ccc1N1CCOCC1)C(=O)O. The van der Waals surface area contributed by atoms with Gasteiger partial charge in [0.15, 0.2) is 0 Å². The lowest BCUT2D eigenvalue weighted by molar-refractivity contribution is -0.138. The first-order chi connectivity index (χ1) is 9.08. The highest BCUT2D eigenvalue weighted by Crippen LogP contribution is 2.24. The molecule has 1 atom stereocenters. The first-order valence-corrected chi connectivity index (χ1v) is 6.17. The third-order valence-electron chi connectivity index (χ3n) is 3.15. The maximum absolute atomic E-state index is 13.3. The minimum Gasteiger partial charge on any atom is -0.480 e. The number of benzene rings is 1. The van der Waals surface area contributed by atoms with Gasteiger partial charge in [0.25, 0.3) is 0 Å². The van der Waals surface area contributed by atoms with Crippen molar-refractivity contribution in [3.05, 3.63) is 29.6 Å². The van der Waals surface area contributed by atoms with Gasteiger partial charge in [-0.3, -0.25) is 4.79 Å². The van der Waals surface area contributed by atoms with E-state index in [4.69, 9.17) is 15.6 Å². The number of morpholine rings is 1. The number of hydrogen-bond acceptors (Lipinski definition) is 4. The van der Waals surface area contributed by atoms with Crippen LogP contribution in [0, 0.1) is 5.82 Å². The van der Waals surface area contributed by atoms with E-state index in [-0.39, 0.29) is 12.2 Å². The van der Waals surface area contributed by atoms with Gasteiger partial charge in [-0.25, -0.2) is 4.39 Å². The van der Waals surface area contributed by atoms with Crippen molar-refractivity contribution < 1.29 is 19.0 Å². The Morgan fingerprint density at radius 2 is 2.16 bits per heavy atom. The standard InChI is InChI=1S/C13H17FN2O3/c14-10-1-2-12(16-3-5-19-6-4-16)9(7-10)8-11(15)13(17)18/h1-2,7,11H,3-6,8,15H2,(H,17,18). The molecule has 104 valence electrons. The van der Waals surface area contributed by atoms with Crippen molar-refractivity contribution in [2.24, 2.45) is 5.73 Å². The molecule has 5 nitrogen and oxygen atoms in total. The summed E-state index contributed by atoms with van der Waals surface area (Å²) in [5.74, 6) is -1.47. The lowest BCUT2D eigenvalue weighted by atomic mass is 10.0. The van der Waals surface area contributed by atoms with Gasteiger partial charge < -0.3 is 20.5 Å². The van der Waals surface area contributed by atoms with Gasteiger partial charge in [-0.2, -0.15) is 0 Å². The van der Waals surface area contributed by atoms with Gasteiger partial charge in [0.1, 0.15) is 11.9 Å². The van der Waals surface area contributed by atoms with E-state index in [2.05, 4.69) is 4.90 Å². The number of halogens is 1. The van der Waals surface area contributed by atoms with Crippen molar-refractivity contribution in [1.29, 1.82) is 0 Å². The summed E-state index contributed by atoms with van der Waals surface area (Å²) in [5, 5.41) is 8.86. The van der Waals surface area contributed by atoms with E-state index < -0.39 is 12.0 Å². The second-order valence-electron chi connectivity index (χ2n) is 4.52. The van der Waals surface area contributed by atoms with Gasteiger partial charge >= 0.3 is 5.97 Å². The molecule has 2 rings (SSSR count). The average Bonchev–Trinajstić information content (AvgIpc) is 2.39. The lowest BCUT2D eigenvalue weighted by Gasteiger charge is -2.31. The van der Waals surface area contributed by atoms with E-state index in [9.17, 15) is 9.18 Å². The monoisotopic (exact) mass is 268 g/mol. The Balaban J connectivity index is 2.24. The molecule has 19 heavy (non-hydrogen) atoms. The quantitative estimate of drug-likeness (QED) is 0.837. The highest BCUT2D eigenvalue weighted by molar-refractivity contribution is 5.74. The fraction of sp³-hybridized carbons (Fsp3) is 0.462. The van der Waals surface area contributed by atoms with Gasteiger partial charge in [0, 0.05) is 25.2 Å². The molecule has 1 aromatic carbocycles. The van der Waals surface area contributed by atoms with E-state index in [0.29, 0.717) is 31.9 Å². The molecule has 1 aromatic rings. The minimum atomic E-state index is -1.09. The summed E-state index contributed by atoms with van der Waals surface area (Å²) in [4.78, 5) is 12.9. The molecule has 6 heteroatoms. The Morgan fingerprint density at radius 1 is 1.47 bits per heavy atom. The average molecular weight is 268 g/mol. The van der Waals surface area contributed by atoms with Crippen molar-refractivity contribution in [2.75, 3.05) is 31.2 Å². The number of nitrogens with two attached hydrogens (primary N) is 1. The molecule has 3 N–H and O–H groups in total. The summed E-state index contributed by atoms with van der Waals surface area (Å²) in [5.41, 5.74) is 6.99. The number of anilines is 1. The first kappa shape index (κ1) is 13.8. The molecule has 1 fully saturated rings. The zero-order valence-corrected chi connectivity index (χ0v) is 10.5. The Bertz CT molecular complexity index is 461. The van der Waals surface area contributed by atoms with E-state index >= 15 is 0 Å². The molecule has 0 saturated carbocycles. The fourth-order valence-corrected chi connectivity index (χ4v) is 2.15. The Labute approximate surface area is 110 Å². The summed E-state index contributed by atoms with van der Waals surface area (Å²) in [6.07, 6.45) is 0.111. The Hall–Kier alpha value is -1.66. The second kappa shape index (κ2) is 5.99. The van der Waals surface area contributed by atoms with Crippen LogP contribution in [0.25, 0.3) is 0 Å². The zero-order valence-electron chi connectivity index (χ0n) is 10.5. The van der Waals surface area contributed by atoms with Gasteiger partial charge in [-0.15, -0.1) is 0 Å². The van der Waals surface area contributed by atoms with Crippen LogP contribution >= 0.6 is 0 Å². The van der Waals surface area contributed by atoms with E-state index in [1.807, 2.05) is 0 Å². The van der Waals surface area contributed by atoms with Crippen molar-refractivity contribution in [1.82, 2.24) is 0 Å². The summed E-state index contributed by atoms with van der Waals surface area (Å²) in [7, 11) is 0. The van der Waals surface area contributed by atoms with Gasteiger partial charge in [0.2, 0.25) is 0 Å². The summed E-state index contributed by atoms with van der Waals surface area (Å²) in [6, 6.07) is 3.38. The number of carbonyl (C=O) groups is 1. The highest BCUT2D eigenvalue weighted by Gasteiger charge is 2.19. The van der Waals surface area contributed by atoms with Crippen LogP contribution in [0.15, 0.2) is 18.2 Å². The number of nitrogens with zero attached hydrogens (tertiary/aromatic N) is 1. The van der Waals surface area contributed by atoms with Crippen molar-refractivity contribution in [2.45, 2.75) is 12.5 Å². The summed E-state index contributed by atoms with van der Waals surface area (Å²) >= 11 is 0. The number of hydrogen-bond donors (Lipinski definition) is 2. The van der Waals surface area contributed by atoms with Crippen LogP contribution in [-0.4, -0.2) is 43.4 Å². The molecular formula is C13H17FN2O3. The molecule has 1 aliphatic rings. The molecule has 1 unspecified atom stereocenters. The third kappa shape index (κ3) is 3.42. The maximum Gasteiger partial charge on any atom is 0.320 e. The topological polar surface area (TPSA) is 75.8 Å². The van der Waals surface area contributed by atoms with Crippen molar-refractivity contribution >= 4 is 11.7 Å². The molecule has 0 spiro atoms. The number of ether oxygens (including phenoxy) is 1. The molecular weight excluding hydrogens is 251 g/mol. The minimum absolute atomic E-state index is 0.111. The number of carboxylic acid groups (broad SMARTS) is 1. The molecule has 0 aliphatic carbocycles. The van der Waals surface area contributed by atoms with Crippen LogP contribution in [0.5, 0.6) is 0 Å². The van der Waals surface area contributed by atoms with Crippen molar-refractivity contribution in [3.63, 3.8) is 0 Å². The molecule has 0 bridgehead atoms. The molecule has 1 saturated heterocycles. The zero-order chi connectivity index (χ0) is 13.8. The third-order valence-corrected chi connectivity index (χ3v) is 3.15. The van der Waals surface area contributed by atoms with Gasteiger partial charge in [0.05, 0.1) is 13.2 Å². The Morgan fingerprint density at radius 3 is 2.79 bits per heavy atom.